The number of hydrogen-bond donors (Lipinski definition) is 2. The molecule has 0 saturated carbocycles. The topological polar surface area (TPSA) is 92.5 Å². The number of rotatable bonds is 3. The zero-order valence-electron chi connectivity index (χ0n) is 10.1. The smallest absolute Gasteiger partial charge is 0.184 e. The van der Waals surface area contributed by atoms with Gasteiger partial charge in [0.05, 0.1) is 18.6 Å². The third kappa shape index (κ3) is 1.78. The van der Waals surface area contributed by atoms with E-state index >= 15 is 0 Å². The monoisotopic (exact) mass is 278 g/mol. The van der Waals surface area contributed by atoms with Gasteiger partial charge in [-0.3, -0.25) is 0 Å². The first-order valence-electron chi connectivity index (χ1n) is 5.77. The number of nitrogens with zero attached hydrogens (tertiary/aromatic N) is 5. The fraction of sp³-hybridized carbons (Fsp3) is 0.273. The van der Waals surface area contributed by atoms with Gasteiger partial charge < -0.3 is 10.1 Å². The number of aliphatic hydroxyl groups excluding tert-OH is 1. The Kier molecular flexibility index (Phi) is 2.92. The van der Waals surface area contributed by atoms with Crippen LogP contribution in [0, 0.1) is 0 Å². The van der Waals surface area contributed by atoms with Crippen LogP contribution in [0.5, 0.6) is 0 Å². The van der Waals surface area contributed by atoms with Crippen molar-refractivity contribution in [3.63, 3.8) is 0 Å². The van der Waals surface area contributed by atoms with E-state index in [1.54, 1.807) is 0 Å². The number of H-pyrrole nitrogens is 1. The van der Waals surface area contributed by atoms with Gasteiger partial charge in [0.2, 0.25) is 0 Å². The predicted molar refractivity (Wildman–Crippen MR) is 69.1 cm³/mol. The van der Waals surface area contributed by atoms with Gasteiger partial charge in [-0.25, -0.2) is 19.6 Å². The fourth-order valence-corrected chi connectivity index (χ4v) is 2.25. The van der Waals surface area contributed by atoms with Crippen LogP contribution < -0.4 is 0 Å². The molecule has 3 aromatic rings. The molecule has 2 N–H and O–H groups in total. The van der Waals surface area contributed by atoms with Crippen LogP contribution in [0.15, 0.2) is 12.7 Å². The molecule has 7 nitrogen and oxygen atoms in total. The largest absolute Gasteiger partial charge is 0.391 e. The lowest BCUT2D eigenvalue weighted by atomic mass is 10.2. The molecule has 0 saturated heterocycles. The van der Waals surface area contributed by atoms with E-state index in [1.807, 2.05) is 6.92 Å². The maximum absolute atomic E-state index is 9.37. The molecule has 19 heavy (non-hydrogen) atoms. The zero-order chi connectivity index (χ0) is 13.4. The summed E-state index contributed by atoms with van der Waals surface area (Å²) in [5, 5.41) is 14.1. The molecule has 0 amide bonds. The van der Waals surface area contributed by atoms with Crippen LogP contribution in [0.25, 0.3) is 17.0 Å². The first-order valence-corrected chi connectivity index (χ1v) is 6.15. The van der Waals surface area contributed by atoms with E-state index in [0.717, 1.165) is 5.69 Å². The standard InChI is InChI=1S/C11H11ClN6O/c1-2-7-6(3-19)9(12)18(17-7)11-8-10(14-4-13-8)15-5-16-11/h4-5,19H,2-3H2,1H3,(H,13,14,15,16). The number of aryl methyl sites for hydroxylation is 1. The average Bonchev–Trinajstić information content (AvgIpc) is 3.02. The minimum absolute atomic E-state index is 0.154. The molecule has 0 aliphatic heterocycles. The first kappa shape index (κ1) is 12.1. The van der Waals surface area contributed by atoms with Crippen molar-refractivity contribution in [2.45, 2.75) is 20.0 Å². The third-order valence-electron chi connectivity index (χ3n) is 2.90. The summed E-state index contributed by atoms with van der Waals surface area (Å²) in [5.74, 6) is 0.516. The molecule has 3 aromatic heterocycles. The fourth-order valence-electron chi connectivity index (χ4n) is 1.97. The van der Waals surface area contributed by atoms with E-state index in [4.69, 9.17) is 11.6 Å². The second-order valence-corrected chi connectivity index (χ2v) is 4.30. The Hall–Kier alpha value is -1.99. The lowest BCUT2D eigenvalue weighted by Crippen LogP contribution is -2.02. The number of imidazole rings is 1. The summed E-state index contributed by atoms with van der Waals surface area (Å²) in [6, 6.07) is 0. The Morgan fingerprint density at radius 3 is 2.89 bits per heavy atom. The molecule has 0 radical (unpaired) electrons. The summed E-state index contributed by atoms with van der Waals surface area (Å²) >= 11 is 6.26. The van der Waals surface area contributed by atoms with Gasteiger partial charge >= 0.3 is 0 Å². The van der Waals surface area contributed by atoms with Gasteiger partial charge in [-0.1, -0.05) is 18.5 Å². The number of aromatic nitrogens is 6. The molecule has 3 heterocycles. The van der Waals surface area contributed by atoms with Crippen molar-refractivity contribution in [1.29, 1.82) is 0 Å². The molecule has 0 unspecified atom stereocenters. The maximum atomic E-state index is 9.37. The summed E-state index contributed by atoms with van der Waals surface area (Å²) in [6.07, 6.45) is 3.62. The van der Waals surface area contributed by atoms with Crippen molar-refractivity contribution in [2.24, 2.45) is 0 Å². The van der Waals surface area contributed by atoms with E-state index in [-0.39, 0.29) is 6.61 Å². The Bertz CT molecular complexity index is 734. The Balaban J connectivity index is 2.27. The normalized spacial score (nSPS) is 11.3. The molecule has 0 atom stereocenters. The number of aromatic amines is 1. The quantitative estimate of drug-likeness (QED) is 0.752. The number of fused-ring (bicyclic) bond motifs is 1. The molecule has 98 valence electrons. The van der Waals surface area contributed by atoms with Gasteiger partial charge in [0.15, 0.2) is 11.5 Å². The molecule has 0 aliphatic carbocycles. The minimum Gasteiger partial charge on any atom is -0.391 e. The predicted octanol–water partition coefficient (Wildman–Crippen LogP) is 1.25. The highest BCUT2D eigenvalue weighted by atomic mass is 35.5. The van der Waals surface area contributed by atoms with Crippen LogP contribution in [0.4, 0.5) is 0 Å². The van der Waals surface area contributed by atoms with E-state index < -0.39 is 0 Å². The number of nitrogens with one attached hydrogen (secondary N) is 1. The Morgan fingerprint density at radius 1 is 1.37 bits per heavy atom. The third-order valence-corrected chi connectivity index (χ3v) is 3.29. The van der Waals surface area contributed by atoms with Crippen molar-refractivity contribution in [2.75, 3.05) is 0 Å². The van der Waals surface area contributed by atoms with Crippen LogP contribution in [0.3, 0.4) is 0 Å². The van der Waals surface area contributed by atoms with Gasteiger partial charge in [-0.05, 0) is 6.42 Å². The van der Waals surface area contributed by atoms with Crippen molar-refractivity contribution in [1.82, 2.24) is 29.7 Å². The molecule has 0 bridgehead atoms. The van der Waals surface area contributed by atoms with Crippen LogP contribution in [-0.2, 0) is 13.0 Å². The lowest BCUT2D eigenvalue weighted by Gasteiger charge is -2.02. The van der Waals surface area contributed by atoms with Crippen LogP contribution >= 0.6 is 11.6 Å². The molecule has 0 aromatic carbocycles. The van der Waals surface area contributed by atoms with Crippen LogP contribution in [0.1, 0.15) is 18.2 Å². The minimum atomic E-state index is -0.154. The van der Waals surface area contributed by atoms with E-state index in [9.17, 15) is 5.11 Å². The average molecular weight is 279 g/mol. The summed E-state index contributed by atoms with van der Waals surface area (Å²) in [6.45, 7) is 1.80. The highest BCUT2D eigenvalue weighted by Crippen LogP contribution is 2.25. The second kappa shape index (κ2) is 4.60. The van der Waals surface area contributed by atoms with Gasteiger partial charge in [0, 0.05) is 5.56 Å². The molecule has 0 spiro atoms. The Labute approximate surface area is 113 Å². The number of halogens is 1. The molecular formula is C11H11ClN6O. The Morgan fingerprint density at radius 2 is 2.21 bits per heavy atom. The summed E-state index contributed by atoms with van der Waals surface area (Å²) in [4.78, 5) is 15.2. The molecule has 8 heteroatoms. The lowest BCUT2D eigenvalue weighted by molar-refractivity contribution is 0.281. The van der Waals surface area contributed by atoms with Crippen LogP contribution in [-0.4, -0.2) is 34.8 Å². The van der Waals surface area contributed by atoms with E-state index in [1.165, 1.54) is 17.3 Å². The van der Waals surface area contributed by atoms with Gasteiger partial charge in [0.25, 0.3) is 0 Å². The molecule has 0 fully saturated rings. The SMILES string of the molecule is CCc1nn(-c2ncnc3nc[nH]c23)c(Cl)c1CO. The molecular weight excluding hydrogens is 268 g/mol. The van der Waals surface area contributed by atoms with Crippen molar-refractivity contribution in [3.8, 4) is 5.82 Å². The van der Waals surface area contributed by atoms with Gasteiger partial charge in [-0.15, -0.1) is 0 Å². The number of aliphatic hydroxyl groups is 1. The summed E-state index contributed by atoms with van der Waals surface area (Å²) < 4.78 is 1.49. The summed E-state index contributed by atoms with van der Waals surface area (Å²) in [7, 11) is 0. The van der Waals surface area contributed by atoms with Crippen molar-refractivity contribution in [3.05, 3.63) is 29.1 Å². The van der Waals surface area contributed by atoms with E-state index in [0.29, 0.717) is 34.1 Å². The number of hydrogen-bond acceptors (Lipinski definition) is 5. The molecule has 0 aliphatic rings. The van der Waals surface area contributed by atoms with Crippen molar-refractivity contribution >= 4 is 22.8 Å². The first-order chi connectivity index (χ1) is 9.26. The summed E-state index contributed by atoms with van der Waals surface area (Å²) in [5.41, 5.74) is 2.56. The van der Waals surface area contributed by atoms with Gasteiger partial charge in [-0.2, -0.15) is 5.10 Å². The molecule has 3 rings (SSSR count). The highest BCUT2D eigenvalue weighted by Gasteiger charge is 2.18. The van der Waals surface area contributed by atoms with Crippen molar-refractivity contribution < 1.29 is 5.11 Å². The second-order valence-electron chi connectivity index (χ2n) is 3.94. The zero-order valence-corrected chi connectivity index (χ0v) is 10.9. The van der Waals surface area contributed by atoms with E-state index in [2.05, 4.69) is 25.0 Å². The van der Waals surface area contributed by atoms with Gasteiger partial charge in [0.1, 0.15) is 17.0 Å². The highest BCUT2D eigenvalue weighted by molar-refractivity contribution is 6.30. The maximum Gasteiger partial charge on any atom is 0.184 e. The van der Waals surface area contributed by atoms with Crippen LogP contribution in [0.2, 0.25) is 5.15 Å².